The van der Waals surface area contributed by atoms with E-state index in [9.17, 15) is 9.59 Å². The number of aromatic nitrogens is 2. The van der Waals surface area contributed by atoms with E-state index in [0.29, 0.717) is 17.5 Å². The minimum absolute atomic E-state index is 0.00444. The average molecular weight is 243 g/mol. The summed E-state index contributed by atoms with van der Waals surface area (Å²) in [4.78, 5) is 29.1. The highest BCUT2D eigenvalue weighted by Crippen LogP contribution is 2.24. The zero-order valence-corrected chi connectivity index (χ0v) is 9.20. The van der Waals surface area contributed by atoms with Gasteiger partial charge in [-0.1, -0.05) is 30.3 Å². The van der Waals surface area contributed by atoms with Gasteiger partial charge in [-0.2, -0.15) is 0 Å². The minimum Gasteiger partial charge on any atom is -0.465 e. The average Bonchev–Trinajstić information content (AvgIpc) is 2.39. The topological polar surface area (TPSA) is 92.2 Å². The van der Waals surface area contributed by atoms with Crippen LogP contribution in [0.1, 0.15) is 10.6 Å². The van der Waals surface area contributed by atoms with Crippen molar-refractivity contribution in [1.29, 1.82) is 0 Å². The second-order valence-electron chi connectivity index (χ2n) is 3.40. The van der Waals surface area contributed by atoms with Crippen molar-refractivity contribution in [2.75, 3.05) is 5.32 Å². The molecule has 2 aromatic rings. The molecular formula is C12H9N3O3. The maximum atomic E-state index is 10.7. The molecule has 0 radical (unpaired) electrons. The standard InChI is InChI=1S/C12H9N3O3/c16-7-10-13-6-9(14-12(17)18)11(15-10)8-4-2-1-3-5-8/h1-7,14H,(H,17,18). The van der Waals surface area contributed by atoms with E-state index in [1.54, 1.807) is 24.3 Å². The molecule has 2 rings (SSSR count). The van der Waals surface area contributed by atoms with Crippen LogP contribution in [0.2, 0.25) is 0 Å². The lowest BCUT2D eigenvalue weighted by Gasteiger charge is -2.08. The van der Waals surface area contributed by atoms with Crippen molar-refractivity contribution < 1.29 is 14.7 Å². The van der Waals surface area contributed by atoms with E-state index in [0.717, 1.165) is 0 Å². The first kappa shape index (κ1) is 11.7. The van der Waals surface area contributed by atoms with E-state index >= 15 is 0 Å². The molecule has 0 aliphatic rings. The van der Waals surface area contributed by atoms with E-state index in [2.05, 4.69) is 15.3 Å². The van der Waals surface area contributed by atoms with Crippen molar-refractivity contribution in [3.63, 3.8) is 0 Å². The fourth-order valence-corrected chi connectivity index (χ4v) is 1.48. The van der Waals surface area contributed by atoms with Gasteiger partial charge in [0.05, 0.1) is 17.6 Å². The van der Waals surface area contributed by atoms with Crippen LogP contribution < -0.4 is 5.32 Å². The van der Waals surface area contributed by atoms with Gasteiger partial charge in [0.2, 0.25) is 0 Å². The monoisotopic (exact) mass is 243 g/mol. The zero-order valence-electron chi connectivity index (χ0n) is 9.20. The molecule has 1 heterocycles. The maximum absolute atomic E-state index is 10.7. The van der Waals surface area contributed by atoms with Crippen LogP contribution in [0.4, 0.5) is 10.5 Å². The maximum Gasteiger partial charge on any atom is 0.409 e. The summed E-state index contributed by atoms with van der Waals surface area (Å²) in [6.07, 6.45) is 0.569. The SMILES string of the molecule is O=Cc1ncc(NC(=O)O)c(-c2ccccc2)n1. The minimum atomic E-state index is -1.21. The second kappa shape index (κ2) is 5.05. The number of amides is 1. The Balaban J connectivity index is 2.54. The molecule has 6 nitrogen and oxygen atoms in total. The first-order chi connectivity index (χ1) is 8.70. The lowest BCUT2D eigenvalue weighted by Crippen LogP contribution is -2.10. The molecule has 1 aromatic heterocycles. The number of carbonyl (C=O) groups is 2. The Labute approximate surface area is 102 Å². The van der Waals surface area contributed by atoms with Gasteiger partial charge in [-0.25, -0.2) is 14.8 Å². The Bertz CT molecular complexity index is 584. The molecule has 1 aromatic carbocycles. The third-order valence-electron chi connectivity index (χ3n) is 2.20. The van der Waals surface area contributed by atoms with Gasteiger partial charge in [0.25, 0.3) is 0 Å². The van der Waals surface area contributed by atoms with Crippen molar-refractivity contribution in [1.82, 2.24) is 9.97 Å². The molecule has 90 valence electrons. The van der Waals surface area contributed by atoms with Crippen LogP contribution in [0.5, 0.6) is 0 Å². The lowest BCUT2D eigenvalue weighted by molar-refractivity contribution is 0.111. The number of hydrogen-bond acceptors (Lipinski definition) is 4. The van der Waals surface area contributed by atoms with Gasteiger partial charge in [-0.15, -0.1) is 0 Å². The Morgan fingerprint density at radius 1 is 1.28 bits per heavy atom. The first-order valence-corrected chi connectivity index (χ1v) is 5.08. The molecule has 2 N–H and O–H groups in total. The molecular weight excluding hydrogens is 234 g/mol. The summed E-state index contributed by atoms with van der Waals surface area (Å²) >= 11 is 0. The fourth-order valence-electron chi connectivity index (χ4n) is 1.48. The van der Waals surface area contributed by atoms with E-state index in [1.807, 2.05) is 6.07 Å². The summed E-state index contributed by atoms with van der Waals surface area (Å²) < 4.78 is 0. The van der Waals surface area contributed by atoms with Crippen molar-refractivity contribution in [3.8, 4) is 11.3 Å². The Hall–Kier alpha value is -2.76. The van der Waals surface area contributed by atoms with Gasteiger partial charge in [0.15, 0.2) is 12.1 Å². The highest BCUT2D eigenvalue weighted by atomic mass is 16.4. The molecule has 0 bridgehead atoms. The number of benzene rings is 1. The van der Waals surface area contributed by atoms with Crippen LogP contribution in [0.3, 0.4) is 0 Å². The largest absolute Gasteiger partial charge is 0.465 e. The van der Waals surface area contributed by atoms with Gasteiger partial charge < -0.3 is 5.11 Å². The van der Waals surface area contributed by atoms with Gasteiger partial charge >= 0.3 is 6.09 Å². The molecule has 0 aliphatic heterocycles. The Morgan fingerprint density at radius 2 is 2.00 bits per heavy atom. The Kier molecular flexibility index (Phi) is 3.29. The molecule has 0 atom stereocenters. The summed E-state index contributed by atoms with van der Waals surface area (Å²) in [5, 5.41) is 10.9. The highest BCUT2D eigenvalue weighted by molar-refractivity contribution is 5.89. The van der Waals surface area contributed by atoms with Gasteiger partial charge in [0.1, 0.15) is 0 Å². The van der Waals surface area contributed by atoms with Crippen molar-refractivity contribution in [3.05, 3.63) is 42.4 Å². The molecule has 0 saturated carbocycles. The number of aldehydes is 1. The van der Waals surface area contributed by atoms with Crippen LogP contribution in [-0.4, -0.2) is 27.5 Å². The van der Waals surface area contributed by atoms with Crippen LogP contribution >= 0.6 is 0 Å². The van der Waals surface area contributed by atoms with E-state index in [4.69, 9.17) is 5.11 Å². The van der Waals surface area contributed by atoms with Crippen LogP contribution in [0.15, 0.2) is 36.5 Å². The molecule has 18 heavy (non-hydrogen) atoms. The third-order valence-corrected chi connectivity index (χ3v) is 2.20. The Morgan fingerprint density at radius 3 is 2.61 bits per heavy atom. The van der Waals surface area contributed by atoms with E-state index in [1.165, 1.54) is 6.20 Å². The van der Waals surface area contributed by atoms with E-state index in [-0.39, 0.29) is 11.5 Å². The zero-order chi connectivity index (χ0) is 13.0. The van der Waals surface area contributed by atoms with Crippen molar-refractivity contribution in [2.45, 2.75) is 0 Å². The number of carboxylic acid groups (broad SMARTS) is 1. The number of anilines is 1. The summed E-state index contributed by atoms with van der Waals surface area (Å²) in [5.41, 5.74) is 1.31. The molecule has 0 aliphatic carbocycles. The normalized spacial score (nSPS) is 9.78. The van der Waals surface area contributed by atoms with Crippen LogP contribution in [0, 0.1) is 0 Å². The third kappa shape index (κ3) is 2.49. The summed E-state index contributed by atoms with van der Waals surface area (Å²) in [6, 6.07) is 8.95. The summed E-state index contributed by atoms with van der Waals surface area (Å²) in [7, 11) is 0. The summed E-state index contributed by atoms with van der Waals surface area (Å²) in [6.45, 7) is 0. The number of hydrogen-bond donors (Lipinski definition) is 2. The molecule has 1 amide bonds. The predicted octanol–water partition coefficient (Wildman–Crippen LogP) is 2.05. The van der Waals surface area contributed by atoms with Crippen molar-refractivity contribution in [2.24, 2.45) is 0 Å². The highest BCUT2D eigenvalue weighted by Gasteiger charge is 2.11. The molecule has 0 saturated heterocycles. The smallest absolute Gasteiger partial charge is 0.409 e. The van der Waals surface area contributed by atoms with Crippen LogP contribution in [0.25, 0.3) is 11.3 Å². The van der Waals surface area contributed by atoms with Gasteiger partial charge in [0, 0.05) is 5.56 Å². The molecule has 0 spiro atoms. The summed E-state index contributed by atoms with van der Waals surface area (Å²) in [5.74, 6) is 0.00444. The number of nitrogens with one attached hydrogen (secondary N) is 1. The first-order valence-electron chi connectivity index (χ1n) is 5.08. The van der Waals surface area contributed by atoms with Crippen molar-refractivity contribution >= 4 is 18.1 Å². The quantitative estimate of drug-likeness (QED) is 0.805. The number of nitrogens with zero attached hydrogens (tertiary/aromatic N) is 2. The number of carbonyl (C=O) groups excluding carboxylic acids is 1. The van der Waals surface area contributed by atoms with Gasteiger partial charge in [-0.3, -0.25) is 10.1 Å². The molecule has 6 heteroatoms. The fraction of sp³-hybridized carbons (Fsp3) is 0. The lowest BCUT2D eigenvalue weighted by atomic mass is 10.1. The van der Waals surface area contributed by atoms with Gasteiger partial charge in [-0.05, 0) is 0 Å². The second-order valence-corrected chi connectivity index (χ2v) is 3.40. The van der Waals surface area contributed by atoms with E-state index < -0.39 is 6.09 Å². The predicted molar refractivity (Wildman–Crippen MR) is 64.5 cm³/mol. The number of rotatable bonds is 3. The molecule has 0 fully saturated rings. The molecule has 0 unspecified atom stereocenters. The van der Waals surface area contributed by atoms with Crippen LogP contribution in [-0.2, 0) is 0 Å².